The number of carbonyl (C=O) groups excluding carboxylic acids is 1. The SMILES string of the molecule is O=C(O)C[C@H]1CC[C@H](c2ccc(C(=O)Nc3nnc(C[S+]([O-])Cc4ccccc4)s3)cc2)CC1. The van der Waals surface area contributed by atoms with Crippen LogP contribution in [0.25, 0.3) is 0 Å². The Kier molecular flexibility index (Phi) is 8.31. The van der Waals surface area contributed by atoms with E-state index in [-0.39, 0.29) is 18.2 Å². The van der Waals surface area contributed by atoms with Gasteiger partial charge >= 0.3 is 5.97 Å². The van der Waals surface area contributed by atoms with Crippen molar-refractivity contribution in [3.63, 3.8) is 0 Å². The summed E-state index contributed by atoms with van der Waals surface area (Å²) in [6, 6.07) is 17.2. The summed E-state index contributed by atoms with van der Waals surface area (Å²) in [5, 5.41) is 20.8. The van der Waals surface area contributed by atoms with Crippen LogP contribution in [0.2, 0.25) is 0 Å². The fourth-order valence-corrected chi connectivity index (χ4v) is 6.49. The summed E-state index contributed by atoms with van der Waals surface area (Å²) in [6.07, 6.45) is 4.05. The predicted octanol–water partition coefficient (Wildman–Crippen LogP) is 4.99. The molecule has 1 heterocycles. The summed E-state index contributed by atoms with van der Waals surface area (Å²) in [6.45, 7) is 0. The maximum Gasteiger partial charge on any atom is 0.303 e. The molecule has 178 valence electrons. The molecule has 1 atom stereocenters. The van der Waals surface area contributed by atoms with Gasteiger partial charge in [0.15, 0.2) is 10.8 Å². The van der Waals surface area contributed by atoms with Crippen LogP contribution >= 0.6 is 11.3 Å². The van der Waals surface area contributed by atoms with Crippen molar-refractivity contribution in [2.45, 2.75) is 49.5 Å². The zero-order valence-electron chi connectivity index (χ0n) is 18.7. The summed E-state index contributed by atoms with van der Waals surface area (Å²) in [7, 11) is 0. The fraction of sp³-hybridized carbons (Fsp3) is 0.360. The number of nitrogens with zero attached hydrogens (tertiary/aromatic N) is 2. The van der Waals surface area contributed by atoms with Crippen molar-refractivity contribution in [2.24, 2.45) is 5.92 Å². The minimum absolute atomic E-state index is 0.252. The molecule has 3 aromatic rings. The lowest BCUT2D eigenvalue weighted by molar-refractivity contribution is -0.138. The van der Waals surface area contributed by atoms with Crippen LogP contribution in [0.1, 0.15) is 64.5 Å². The molecule has 1 amide bonds. The van der Waals surface area contributed by atoms with Crippen LogP contribution < -0.4 is 5.32 Å². The van der Waals surface area contributed by atoms with Crippen molar-refractivity contribution in [1.29, 1.82) is 0 Å². The number of anilines is 1. The number of nitrogens with one attached hydrogen (secondary N) is 1. The molecule has 1 aromatic heterocycles. The number of carbonyl (C=O) groups is 2. The highest BCUT2D eigenvalue weighted by atomic mass is 32.2. The van der Waals surface area contributed by atoms with E-state index in [2.05, 4.69) is 15.5 Å². The maximum absolute atomic E-state index is 12.6. The molecule has 1 aliphatic rings. The van der Waals surface area contributed by atoms with Gasteiger partial charge in [0.25, 0.3) is 5.91 Å². The number of aromatic nitrogens is 2. The van der Waals surface area contributed by atoms with Crippen LogP contribution in [0.3, 0.4) is 0 Å². The van der Waals surface area contributed by atoms with E-state index in [9.17, 15) is 14.1 Å². The monoisotopic (exact) mass is 497 g/mol. The zero-order chi connectivity index (χ0) is 23.9. The van der Waals surface area contributed by atoms with Crippen LogP contribution in [0, 0.1) is 5.92 Å². The Morgan fingerprint density at radius 2 is 1.71 bits per heavy atom. The Hall–Kier alpha value is -2.75. The lowest BCUT2D eigenvalue weighted by Gasteiger charge is -2.28. The van der Waals surface area contributed by atoms with Gasteiger partial charge < -0.3 is 9.66 Å². The van der Waals surface area contributed by atoms with Gasteiger partial charge in [0.2, 0.25) is 5.13 Å². The van der Waals surface area contributed by atoms with Crippen molar-refractivity contribution >= 4 is 39.5 Å². The van der Waals surface area contributed by atoms with Crippen molar-refractivity contribution in [3.05, 3.63) is 76.3 Å². The van der Waals surface area contributed by atoms with Crippen molar-refractivity contribution in [3.8, 4) is 0 Å². The standard InChI is InChI=1S/C25H27N3O4S2/c29-23(30)14-17-6-8-19(9-7-17)20-10-12-21(13-11-20)24(31)26-25-28-27-22(33-25)16-34(32)15-18-4-2-1-3-5-18/h1-5,10-13,17,19H,6-9,14-16H2,(H,29,30)(H,26,28,31)/t17-,19-,34?. The Labute approximate surface area is 205 Å². The first-order valence-corrected chi connectivity index (χ1v) is 13.6. The van der Waals surface area contributed by atoms with Gasteiger partial charge in [-0.3, -0.25) is 14.9 Å². The topological polar surface area (TPSA) is 115 Å². The van der Waals surface area contributed by atoms with Gasteiger partial charge in [-0.15, -0.1) is 10.2 Å². The summed E-state index contributed by atoms with van der Waals surface area (Å²) in [5.74, 6) is 0.448. The second-order valence-electron chi connectivity index (χ2n) is 8.61. The molecule has 0 spiro atoms. The van der Waals surface area contributed by atoms with Gasteiger partial charge in [0.1, 0.15) is 5.75 Å². The highest BCUT2D eigenvalue weighted by Gasteiger charge is 2.24. The molecule has 1 aliphatic carbocycles. The number of aliphatic carboxylic acids is 1. The Bertz CT molecular complexity index is 1100. The summed E-state index contributed by atoms with van der Waals surface area (Å²) in [5.41, 5.74) is 2.73. The first-order chi connectivity index (χ1) is 16.5. The number of rotatable bonds is 9. The second kappa shape index (κ2) is 11.6. The highest BCUT2D eigenvalue weighted by molar-refractivity contribution is 7.89. The van der Waals surface area contributed by atoms with Gasteiger partial charge in [0.05, 0.1) is 0 Å². The lowest BCUT2D eigenvalue weighted by Crippen LogP contribution is -2.16. The smallest absolute Gasteiger partial charge is 0.303 e. The largest absolute Gasteiger partial charge is 0.616 e. The van der Waals surface area contributed by atoms with Crippen molar-refractivity contribution in [2.75, 3.05) is 5.32 Å². The molecule has 2 N–H and O–H groups in total. The van der Waals surface area contributed by atoms with E-state index >= 15 is 0 Å². The van der Waals surface area contributed by atoms with Crippen LogP contribution in [0.15, 0.2) is 54.6 Å². The third kappa shape index (κ3) is 6.88. The fourth-order valence-electron chi connectivity index (χ4n) is 4.33. The first kappa shape index (κ1) is 24.4. The third-order valence-corrected chi connectivity index (χ3v) is 8.37. The average molecular weight is 498 g/mol. The number of amides is 1. The normalized spacial score (nSPS) is 18.9. The third-order valence-electron chi connectivity index (χ3n) is 6.10. The predicted molar refractivity (Wildman–Crippen MR) is 133 cm³/mol. The average Bonchev–Trinajstić information content (AvgIpc) is 3.26. The van der Waals surface area contributed by atoms with E-state index in [0.717, 1.165) is 31.2 Å². The van der Waals surface area contributed by atoms with Crippen molar-refractivity contribution < 1.29 is 19.2 Å². The summed E-state index contributed by atoms with van der Waals surface area (Å²) >= 11 is 0.134. The molecule has 7 nitrogen and oxygen atoms in total. The maximum atomic E-state index is 12.6. The van der Waals surface area contributed by atoms with Crippen molar-refractivity contribution in [1.82, 2.24) is 10.2 Å². The number of hydrogen-bond donors (Lipinski definition) is 2. The quantitative estimate of drug-likeness (QED) is 0.403. The van der Waals surface area contributed by atoms with E-state index in [0.29, 0.717) is 33.1 Å². The Morgan fingerprint density at radius 1 is 1.00 bits per heavy atom. The van der Waals surface area contributed by atoms with Crippen LogP contribution in [-0.2, 0) is 27.5 Å². The summed E-state index contributed by atoms with van der Waals surface area (Å²) < 4.78 is 12.4. The highest BCUT2D eigenvalue weighted by Crippen LogP contribution is 2.37. The number of benzene rings is 2. The Morgan fingerprint density at radius 3 is 2.38 bits per heavy atom. The molecule has 4 rings (SSSR count). The second-order valence-corrected chi connectivity index (χ2v) is 11.1. The lowest BCUT2D eigenvalue weighted by atomic mass is 9.77. The van der Waals surface area contributed by atoms with Gasteiger partial charge in [-0.1, -0.05) is 53.8 Å². The minimum atomic E-state index is -1.10. The van der Waals surface area contributed by atoms with E-state index in [1.807, 2.05) is 54.6 Å². The molecule has 0 bridgehead atoms. The van der Waals surface area contributed by atoms with Gasteiger partial charge in [-0.05, 0) is 66.4 Å². The molecule has 9 heteroatoms. The molecule has 0 radical (unpaired) electrons. The Balaban J connectivity index is 1.27. The van der Waals surface area contributed by atoms with E-state index in [4.69, 9.17) is 5.11 Å². The van der Waals surface area contributed by atoms with Gasteiger partial charge in [-0.2, -0.15) is 0 Å². The zero-order valence-corrected chi connectivity index (χ0v) is 20.3. The van der Waals surface area contributed by atoms with Gasteiger partial charge in [0, 0.05) is 17.5 Å². The van der Waals surface area contributed by atoms with E-state index < -0.39 is 17.1 Å². The molecular formula is C25H27N3O4S2. The molecular weight excluding hydrogens is 470 g/mol. The number of carboxylic acids is 1. The van der Waals surface area contributed by atoms with E-state index in [1.54, 1.807) is 0 Å². The molecule has 1 unspecified atom stereocenters. The van der Waals surface area contributed by atoms with Gasteiger partial charge in [-0.25, -0.2) is 0 Å². The van der Waals surface area contributed by atoms with E-state index in [1.165, 1.54) is 16.9 Å². The molecule has 2 aromatic carbocycles. The molecule has 0 aliphatic heterocycles. The number of hydrogen-bond acceptors (Lipinski definition) is 6. The molecule has 1 saturated carbocycles. The molecule has 0 saturated heterocycles. The minimum Gasteiger partial charge on any atom is -0.616 e. The molecule has 1 fully saturated rings. The first-order valence-electron chi connectivity index (χ1n) is 11.3. The van der Waals surface area contributed by atoms with Crippen LogP contribution in [0.5, 0.6) is 0 Å². The molecule has 34 heavy (non-hydrogen) atoms. The van der Waals surface area contributed by atoms with Crippen LogP contribution in [0.4, 0.5) is 5.13 Å². The number of carboxylic acid groups (broad SMARTS) is 1. The van der Waals surface area contributed by atoms with Crippen LogP contribution in [-0.4, -0.2) is 31.7 Å². The summed E-state index contributed by atoms with van der Waals surface area (Å²) in [4.78, 5) is 23.5.